The highest BCUT2D eigenvalue weighted by atomic mass is 32.2. The standard InChI is InChI=1S/C27H28F2N4O3S/c1-17-6-5-7-20(14-17)25-30-31-27(32(25)12-13-35-4)37-16-24(34)23-15-18(2)33(19(23)3)21-8-10-22(11-9-21)36-26(28)29/h5-11,14-15,26H,12-13,16H2,1-4H3. The second-order valence-electron chi connectivity index (χ2n) is 8.52. The summed E-state index contributed by atoms with van der Waals surface area (Å²) < 4.78 is 38.5. The Morgan fingerprint density at radius 2 is 1.81 bits per heavy atom. The summed E-state index contributed by atoms with van der Waals surface area (Å²) in [4.78, 5) is 13.2. The molecule has 0 aliphatic carbocycles. The van der Waals surface area contributed by atoms with Crippen molar-refractivity contribution in [3.05, 3.63) is 77.1 Å². The molecular weight excluding hydrogens is 498 g/mol. The third-order valence-corrected chi connectivity index (χ3v) is 6.86. The lowest BCUT2D eigenvalue weighted by Gasteiger charge is -2.11. The van der Waals surface area contributed by atoms with Crippen molar-refractivity contribution >= 4 is 17.5 Å². The van der Waals surface area contributed by atoms with Crippen LogP contribution in [0.1, 0.15) is 27.3 Å². The van der Waals surface area contributed by atoms with Crippen LogP contribution in [0.3, 0.4) is 0 Å². The van der Waals surface area contributed by atoms with Crippen LogP contribution in [0.4, 0.5) is 8.78 Å². The quantitative estimate of drug-likeness (QED) is 0.179. The number of Topliss-reactive ketones (excluding diaryl/α,β-unsaturated/α-hetero) is 1. The first kappa shape index (κ1) is 26.6. The molecule has 0 N–H and O–H groups in total. The number of rotatable bonds is 11. The highest BCUT2D eigenvalue weighted by Gasteiger charge is 2.20. The van der Waals surface area contributed by atoms with Gasteiger partial charge in [0.1, 0.15) is 5.75 Å². The Kier molecular flexibility index (Phi) is 8.40. The van der Waals surface area contributed by atoms with Crippen molar-refractivity contribution in [2.45, 2.75) is 39.1 Å². The predicted octanol–water partition coefficient (Wildman–Crippen LogP) is 5.88. The topological polar surface area (TPSA) is 71.2 Å². The van der Waals surface area contributed by atoms with E-state index in [-0.39, 0.29) is 17.3 Å². The van der Waals surface area contributed by atoms with Crippen molar-refractivity contribution in [3.63, 3.8) is 0 Å². The number of alkyl halides is 2. The van der Waals surface area contributed by atoms with Crippen LogP contribution in [0.15, 0.2) is 59.8 Å². The summed E-state index contributed by atoms with van der Waals surface area (Å²) in [6.07, 6.45) is 0. The van der Waals surface area contributed by atoms with Gasteiger partial charge in [-0.15, -0.1) is 10.2 Å². The third kappa shape index (κ3) is 6.08. The van der Waals surface area contributed by atoms with Gasteiger partial charge in [0, 0.05) is 35.3 Å². The molecule has 2 heterocycles. The Hall–Kier alpha value is -3.50. The molecule has 0 bridgehead atoms. The van der Waals surface area contributed by atoms with Gasteiger partial charge in [-0.2, -0.15) is 8.78 Å². The summed E-state index contributed by atoms with van der Waals surface area (Å²) in [7, 11) is 1.64. The molecule has 0 aliphatic heterocycles. The van der Waals surface area contributed by atoms with E-state index in [9.17, 15) is 13.6 Å². The maximum absolute atomic E-state index is 13.2. The molecule has 4 rings (SSSR count). The number of halogens is 2. The van der Waals surface area contributed by atoms with Gasteiger partial charge in [-0.25, -0.2) is 0 Å². The van der Waals surface area contributed by atoms with Gasteiger partial charge in [-0.1, -0.05) is 35.5 Å². The first-order valence-electron chi connectivity index (χ1n) is 11.7. The molecule has 7 nitrogen and oxygen atoms in total. The van der Waals surface area contributed by atoms with Crippen molar-refractivity contribution in [3.8, 4) is 22.8 Å². The number of methoxy groups -OCH3 is 1. The zero-order valence-corrected chi connectivity index (χ0v) is 21.9. The Morgan fingerprint density at radius 3 is 2.49 bits per heavy atom. The van der Waals surface area contributed by atoms with Crippen LogP contribution in [0, 0.1) is 20.8 Å². The molecule has 0 radical (unpaired) electrons. The Bertz CT molecular complexity index is 1380. The number of aromatic nitrogens is 4. The molecule has 37 heavy (non-hydrogen) atoms. The summed E-state index contributed by atoms with van der Waals surface area (Å²) in [6.45, 7) is 3.96. The smallest absolute Gasteiger partial charge is 0.387 e. The molecular formula is C27H28F2N4O3S. The number of benzene rings is 2. The lowest BCUT2D eigenvalue weighted by molar-refractivity contribution is -0.0498. The van der Waals surface area contributed by atoms with Gasteiger partial charge >= 0.3 is 6.61 Å². The first-order valence-corrected chi connectivity index (χ1v) is 12.7. The van der Waals surface area contributed by atoms with E-state index in [4.69, 9.17) is 4.74 Å². The second-order valence-corrected chi connectivity index (χ2v) is 9.47. The van der Waals surface area contributed by atoms with Gasteiger partial charge in [0.05, 0.1) is 18.9 Å². The Morgan fingerprint density at radius 1 is 1.05 bits per heavy atom. The number of carbonyl (C=O) groups is 1. The minimum atomic E-state index is -2.88. The zero-order chi connectivity index (χ0) is 26.5. The van der Waals surface area contributed by atoms with Crippen LogP contribution < -0.4 is 4.74 Å². The summed E-state index contributed by atoms with van der Waals surface area (Å²) in [5.41, 5.74) is 5.06. The van der Waals surface area contributed by atoms with Crippen LogP contribution >= 0.6 is 11.8 Å². The summed E-state index contributed by atoms with van der Waals surface area (Å²) >= 11 is 1.33. The van der Waals surface area contributed by atoms with E-state index in [1.807, 2.05) is 60.2 Å². The van der Waals surface area contributed by atoms with Gasteiger partial charge in [-0.05, 0) is 57.2 Å². The number of carbonyl (C=O) groups excluding carboxylic acids is 1. The predicted molar refractivity (Wildman–Crippen MR) is 139 cm³/mol. The molecule has 0 saturated heterocycles. The number of nitrogens with zero attached hydrogens (tertiary/aromatic N) is 4. The molecule has 0 spiro atoms. The van der Waals surface area contributed by atoms with Crippen molar-refractivity contribution in [1.29, 1.82) is 0 Å². The number of hydrogen-bond donors (Lipinski definition) is 0. The molecule has 0 fully saturated rings. The average molecular weight is 527 g/mol. The summed E-state index contributed by atoms with van der Waals surface area (Å²) in [6, 6.07) is 16.2. The van der Waals surface area contributed by atoms with E-state index in [0.29, 0.717) is 23.9 Å². The molecule has 0 aliphatic rings. The Balaban J connectivity index is 1.53. The molecule has 4 aromatic rings. The molecule has 0 saturated carbocycles. The Labute approximate surface area is 218 Å². The molecule has 0 amide bonds. The molecule has 2 aromatic carbocycles. The van der Waals surface area contributed by atoms with E-state index in [2.05, 4.69) is 14.9 Å². The van der Waals surface area contributed by atoms with Crippen LogP contribution in [0.25, 0.3) is 17.1 Å². The fourth-order valence-electron chi connectivity index (χ4n) is 4.20. The fourth-order valence-corrected chi connectivity index (χ4v) is 5.05. The van der Waals surface area contributed by atoms with Crippen molar-refractivity contribution in [2.75, 3.05) is 19.5 Å². The van der Waals surface area contributed by atoms with Gasteiger partial charge in [-0.3, -0.25) is 9.36 Å². The summed E-state index contributed by atoms with van der Waals surface area (Å²) in [5, 5.41) is 9.40. The molecule has 2 aromatic heterocycles. The fraction of sp³-hybridized carbons (Fsp3) is 0.296. The molecule has 194 valence electrons. The maximum Gasteiger partial charge on any atom is 0.387 e. The van der Waals surface area contributed by atoms with Crippen LogP contribution in [-0.4, -0.2) is 51.2 Å². The highest BCUT2D eigenvalue weighted by molar-refractivity contribution is 7.99. The van der Waals surface area contributed by atoms with Gasteiger partial charge in [0.25, 0.3) is 0 Å². The lowest BCUT2D eigenvalue weighted by Crippen LogP contribution is -2.10. The van der Waals surface area contributed by atoms with E-state index in [1.165, 1.54) is 23.9 Å². The zero-order valence-electron chi connectivity index (χ0n) is 21.1. The lowest BCUT2D eigenvalue weighted by atomic mass is 10.1. The monoisotopic (exact) mass is 526 g/mol. The van der Waals surface area contributed by atoms with Gasteiger partial charge < -0.3 is 14.0 Å². The second kappa shape index (κ2) is 11.7. The minimum absolute atomic E-state index is 0.0413. The molecule has 0 atom stereocenters. The first-order chi connectivity index (χ1) is 17.8. The largest absolute Gasteiger partial charge is 0.435 e. The van der Waals surface area contributed by atoms with Crippen molar-refractivity contribution in [1.82, 2.24) is 19.3 Å². The number of ketones is 1. The highest BCUT2D eigenvalue weighted by Crippen LogP contribution is 2.28. The van der Waals surface area contributed by atoms with Crippen molar-refractivity contribution < 1.29 is 23.0 Å². The van der Waals surface area contributed by atoms with E-state index in [1.54, 1.807) is 19.2 Å². The maximum atomic E-state index is 13.2. The minimum Gasteiger partial charge on any atom is -0.435 e. The SMILES string of the molecule is COCCn1c(SCC(=O)c2cc(C)n(-c3ccc(OC(F)F)cc3)c2C)nnc1-c1cccc(C)c1. The van der Waals surface area contributed by atoms with Crippen molar-refractivity contribution in [2.24, 2.45) is 0 Å². The molecule has 10 heteroatoms. The van der Waals surface area contributed by atoms with Crippen LogP contribution in [-0.2, 0) is 11.3 Å². The molecule has 0 unspecified atom stereocenters. The average Bonchev–Trinajstić information content (AvgIpc) is 3.41. The normalized spacial score (nSPS) is 11.3. The van der Waals surface area contributed by atoms with E-state index >= 15 is 0 Å². The number of thioether (sulfide) groups is 1. The number of hydrogen-bond acceptors (Lipinski definition) is 6. The third-order valence-electron chi connectivity index (χ3n) is 5.90. The van der Waals surface area contributed by atoms with Crippen LogP contribution in [0.2, 0.25) is 0 Å². The summed E-state index contributed by atoms with van der Waals surface area (Å²) in [5.74, 6) is 0.954. The van der Waals surface area contributed by atoms with E-state index < -0.39 is 6.61 Å². The number of ether oxygens (including phenoxy) is 2. The van der Waals surface area contributed by atoms with Gasteiger partial charge in [0.15, 0.2) is 16.8 Å². The number of aryl methyl sites for hydroxylation is 2. The van der Waals surface area contributed by atoms with Gasteiger partial charge in [0.2, 0.25) is 0 Å². The van der Waals surface area contributed by atoms with E-state index in [0.717, 1.165) is 34.0 Å². The van der Waals surface area contributed by atoms with Crippen LogP contribution in [0.5, 0.6) is 5.75 Å².